The van der Waals surface area contributed by atoms with E-state index in [-0.39, 0.29) is 11.7 Å². The molecule has 1 aliphatic carbocycles. The van der Waals surface area contributed by atoms with E-state index >= 15 is 0 Å². The van der Waals surface area contributed by atoms with Crippen molar-refractivity contribution >= 4 is 57.2 Å². The van der Waals surface area contributed by atoms with Crippen LogP contribution in [0.5, 0.6) is 0 Å². The summed E-state index contributed by atoms with van der Waals surface area (Å²) >= 11 is 8.74. The maximum atomic E-state index is 12.3. The van der Waals surface area contributed by atoms with Gasteiger partial charge in [0.05, 0.1) is 18.0 Å². The minimum Gasteiger partial charge on any atom is -0.330 e. The van der Waals surface area contributed by atoms with Gasteiger partial charge in [-0.3, -0.25) is 4.79 Å². The average Bonchev–Trinajstić information content (AvgIpc) is 3.42. The van der Waals surface area contributed by atoms with Gasteiger partial charge in [0.2, 0.25) is 11.0 Å². The molecule has 1 aliphatic rings. The van der Waals surface area contributed by atoms with E-state index in [2.05, 4.69) is 25.9 Å². The molecular weight excluding hydrogens is 416 g/mol. The molecule has 0 saturated heterocycles. The standard InChI is InChI=1S/C18H19ClN6OS2/c19-12-4-3-5-13(10-12)21-17-23-24-18(28-17)27-11-16(26)22-15-8-9-20-25(15)14-6-1-2-7-14/h3-5,8-10,14H,1-2,6-7,11H2,(H,21,23)(H,22,26). The van der Waals surface area contributed by atoms with Crippen LogP contribution >= 0.6 is 34.7 Å². The third-order valence-corrected chi connectivity index (χ3v) is 6.62. The van der Waals surface area contributed by atoms with Crippen molar-refractivity contribution in [3.8, 4) is 0 Å². The predicted octanol–water partition coefficient (Wildman–Crippen LogP) is 4.98. The zero-order valence-electron chi connectivity index (χ0n) is 15.0. The molecular formula is C18H19ClN6OS2. The molecule has 1 amide bonds. The third-order valence-electron chi connectivity index (χ3n) is 4.42. The molecule has 0 unspecified atom stereocenters. The van der Waals surface area contributed by atoms with Gasteiger partial charge in [0.25, 0.3) is 0 Å². The van der Waals surface area contributed by atoms with Gasteiger partial charge in [-0.25, -0.2) is 4.68 Å². The first kappa shape index (κ1) is 19.2. The number of amides is 1. The highest BCUT2D eigenvalue weighted by molar-refractivity contribution is 8.01. The Balaban J connectivity index is 1.30. The Hall–Kier alpha value is -2.10. The highest BCUT2D eigenvalue weighted by Gasteiger charge is 2.20. The van der Waals surface area contributed by atoms with E-state index in [0.29, 0.717) is 16.2 Å². The Kier molecular flexibility index (Phi) is 6.13. The second-order valence-corrected chi connectivity index (χ2v) is 9.08. The number of hydrogen-bond acceptors (Lipinski definition) is 7. The molecule has 28 heavy (non-hydrogen) atoms. The second kappa shape index (κ2) is 8.93. The Morgan fingerprint density at radius 2 is 2.14 bits per heavy atom. The predicted molar refractivity (Wildman–Crippen MR) is 114 cm³/mol. The van der Waals surface area contributed by atoms with Crippen LogP contribution in [-0.2, 0) is 4.79 Å². The summed E-state index contributed by atoms with van der Waals surface area (Å²) in [6.45, 7) is 0. The normalized spacial score (nSPS) is 14.3. The number of benzene rings is 1. The number of halogens is 1. The summed E-state index contributed by atoms with van der Waals surface area (Å²) in [6, 6.07) is 9.63. The monoisotopic (exact) mass is 434 g/mol. The lowest BCUT2D eigenvalue weighted by Crippen LogP contribution is -2.19. The van der Waals surface area contributed by atoms with Crippen LogP contribution < -0.4 is 10.6 Å². The molecule has 2 heterocycles. The summed E-state index contributed by atoms with van der Waals surface area (Å²) in [5.74, 6) is 0.948. The Bertz CT molecular complexity index is 953. The molecule has 0 bridgehead atoms. The fourth-order valence-corrected chi connectivity index (χ4v) is 4.93. The maximum Gasteiger partial charge on any atom is 0.235 e. The lowest BCUT2D eigenvalue weighted by molar-refractivity contribution is -0.113. The lowest BCUT2D eigenvalue weighted by atomic mass is 10.2. The van der Waals surface area contributed by atoms with E-state index in [0.717, 1.165) is 28.7 Å². The zero-order chi connectivity index (χ0) is 19.3. The number of rotatable bonds is 7. The van der Waals surface area contributed by atoms with E-state index in [1.54, 1.807) is 6.20 Å². The summed E-state index contributed by atoms with van der Waals surface area (Å²) < 4.78 is 2.66. The minimum absolute atomic E-state index is 0.0794. The lowest BCUT2D eigenvalue weighted by Gasteiger charge is -2.14. The van der Waals surface area contributed by atoms with E-state index < -0.39 is 0 Å². The number of hydrogen-bond donors (Lipinski definition) is 2. The Labute approximate surface area is 175 Å². The van der Waals surface area contributed by atoms with Crippen molar-refractivity contribution in [3.63, 3.8) is 0 Å². The Morgan fingerprint density at radius 1 is 1.29 bits per heavy atom. The number of anilines is 3. The fraction of sp³-hybridized carbons (Fsp3) is 0.333. The summed E-state index contributed by atoms with van der Waals surface area (Å²) in [5.41, 5.74) is 0.845. The van der Waals surface area contributed by atoms with Gasteiger partial charge >= 0.3 is 0 Å². The van der Waals surface area contributed by atoms with Crippen molar-refractivity contribution in [2.45, 2.75) is 36.1 Å². The van der Waals surface area contributed by atoms with Gasteiger partial charge < -0.3 is 10.6 Å². The number of nitrogens with one attached hydrogen (secondary N) is 2. The van der Waals surface area contributed by atoms with Crippen LogP contribution in [-0.4, -0.2) is 31.6 Å². The third kappa shape index (κ3) is 4.84. The van der Waals surface area contributed by atoms with Crippen molar-refractivity contribution in [3.05, 3.63) is 41.6 Å². The fourth-order valence-electron chi connectivity index (χ4n) is 3.17. The molecule has 3 aromatic rings. The van der Waals surface area contributed by atoms with Crippen molar-refractivity contribution in [2.24, 2.45) is 0 Å². The highest BCUT2D eigenvalue weighted by atomic mass is 35.5. The van der Waals surface area contributed by atoms with Crippen molar-refractivity contribution in [1.82, 2.24) is 20.0 Å². The molecule has 2 aromatic heterocycles. The second-order valence-electron chi connectivity index (χ2n) is 6.44. The van der Waals surface area contributed by atoms with E-state index in [1.165, 1.54) is 35.9 Å². The van der Waals surface area contributed by atoms with Crippen LogP contribution in [0, 0.1) is 0 Å². The number of nitrogens with zero attached hydrogens (tertiary/aromatic N) is 4. The van der Waals surface area contributed by atoms with Crippen LogP contribution in [0.15, 0.2) is 40.9 Å². The molecule has 4 rings (SSSR count). The van der Waals surface area contributed by atoms with Crippen molar-refractivity contribution in [1.29, 1.82) is 0 Å². The first-order valence-corrected chi connectivity index (χ1v) is 11.2. The van der Waals surface area contributed by atoms with Crippen molar-refractivity contribution in [2.75, 3.05) is 16.4 Å². The van der Waals surface area contributed by atoms with E-state index in [4.69, 9.17) is 11.6 Å². The van der Waals surface area contributed by atoms with E-state index in [1.807, 2.05) is 35.0 Å². The van der Waals surface area contributed by atoms with Crippen LogP contribution in [0.3, 0.4) is 0 Å². The summed E-state index contributed by atoms with van der Waals surface area (Å²) in [6.07, 6.45) is 6.41. The highest BCUT2D eigenvalue weighted by Crippen LogP contribution is 2.32. The molecule has 0 aliphatic heterocycles. The zero-order valence-corrected chi connectivity index (χ0v) is 17.4. The topological polar surface area (TPSA) is 84.7 Å². The number of carbonyl (C=O) groups excluding carboxylic acids is 1. The van der Waals surface area contributed by atoms with Crippen LogP contribution in [0.4, 0.5) is 16.6 Å². The van der Waals surface area contributed by atoms with Gasteiger partial charge in [-0.05, 0) is 31.0 Å². The smallest absolute Gasteiger partial charge is 0.235 e. The van der Waals surface area contributed by atoms with Gasteiger partial charge in [0, 0.05) is 16.8 Å². The molecule has 0 atom stereocenters. The summed E-state index contributed by atoms with van der Waals surface area (Å²) in [4.78, 5) is 12.3. The molecule has 2 N–H and O–H groups in total. The van der Waals surface area contributed by atoms with Gasteiger partial charge in [-0.1, -0.05) is 53.6 Å². The van der Waals surface area contributed by atoms with E-state index in [9.17, 15) is 4.79 Å². The summed E-state index contributed by atoms with van der Waals surface area (Å²) in [7, 11) is 0. The van der Waals surface area contributed by atoms with Gasteiger partial charge in [-0.2, -0.15) is 5.10 Å². The molecule has 0 spiro atoms. The average molecular weight is 435 g/mol. The largest absolute Gasteiger partial charge is 0.330 e. The molecule has 10 heteroatoms. The van der Waals surface area contributed by atoms with Gasteiger partial charge in [0.1, 0.15) is 5.82 Å². The maximum absolute atomic E-state index is 12.3. The molecule has 1 aromatic carbocycles. The van der Waals surface area contributed by atoms with Crippen LogP contribution in [0.2, 0.25) is 5.02 Å². The number of thioether (sulfide) groups is 1. The minimum atomic E-state index is -0.0794. The summed E-state index contributed by atoms with van der Waals surface area (Å²) in [5, 5.41) is 20.0. The molecule has 1 fully saturated rings. The molecule has 146 valence electrons. The SMILES string of the molecule is O=C(CSc1nnc(Nc2cccc(Cl)c2)s1)Nc1ccnn1C1CCCC1. The van der Waals surface area contributed by atoms with Crippen LogP contribution in [0.1, 0.15) is 31.7 Å². The number of aromatic nitrogens is 4. The molecule has 0 radical (unpaired) electrons. The molecule has 1 saturated carbocycles. The first-order valence-electron chi connectivity index (χ1n) is 8.99. The quantitative estimate of drug-likeness (QED) is 0.510. The van der Waals surface area contributed by atoms with Gasteiger partial charge in [-0.15, -0.1) is 10.2 Å². The van der Waals surface area contributed by atoms with Crippen molar-refractivity contribution < 1.29 is 4.79 Å². The molecule has 7 nitrogen and oxygen atoms in total. The number of carbonyl (C=O) groups is 1. The van der Waals surface area contributed by atoms with Gasteiger partial charge in [0.15, 0.2) is 4.34 Å². The first-order chi connectivity index (χ1) is 13.7. The van der Waals surface area contributed by atoms with Crippen LogP contribution in [0.25, 0.3) is 0 Å². The Morgan fingerprint density at radius 3 is 2.96 bits per heavy atom.